The van der Waals surface area contributed by atoms with Gasteiger partial charge in [0.05, 0.1) is 63.7 Å². The molecule has 0 aromatic heterocycles. The van der Waals surface area contributed by atoms with Gasteiger partial charge < -0.3 is 66.0 Å². The molecule has 0 aliphatic carbocycles. The van der Waals surface area contributed by atoms with Crippen molar-refractivity contribution in [2.75, 3.05) is 52.9 Å². The Kier molecular flexibility index (Phi) is 75.8. The first-order valence-electron chi connectivity index (χ1n) is 28.8. The molecule has 0 spiro atoms. The predicted octanol–water partition coefficient (Wildman–Crippen LogP) is 11.1. The lowest BCUT2D eigenvalue weighted by atomic mass is 9.91. The molecule has 19 nitrogen and oxygen atoms in total. The Balaban J connectivity index is -0.000000150. The highest BCUT2D eigenvalue weighted by Gasteiger charge is 2.33. The van der Waals surface area contributed by atoms with Crippen LogP contribution in [-0.4, -0.2) is 150 Å². The Morgan fingerprint density at radius 3 is 0.597 bits per heavy atom. The number of carbonyl (C=O) groups is 6. The molecule has 0 saturated carbocycles. The van der Waals surface area contributed by atoms with Crippen molar-refractivity contribution < 1.29 is 94.8 Å². The summed E-state index contributed by atoms with van der Waals surface area (Å²) in [7, 11) is 0. The summed E-state index contributed by atoms with van der Waals surface area (Å²) in [5.41, 5.74) is -2.32. The standard InChI is InChI=1S/C10H22O7.3C9H18O2.3C7H14O2/c11-1-9(2-12,3-13)7-17-8-10(4-14,5-15)6-16;3*1-8(2)6-4-3-5-7-9(10)11;3*1-2-3-4-5-6-7(8)9/h11-16H,1-8H2;3*8H,3-7H2,1-2H3,(H,10,11);3*2-6H2,1H3,(H,8,9). The van der Waals surface area contributed by atoms with Gasteiger partial charge in [0.25, 0.3) is 0 Å². The summed E-state index contributed by atoms with van der Waals surface area (Å²) in [5, 5.41) is 104. The number of aliphatic hydroxyl groups is 6. The van der Waals surface area contributed by atoms with E-state index in [2.05, 4.69) is 62.3 Å². The Bertz CT molecular complexity index is 1130. The Morgan fingerprint density at radius 2 is 0.468 bits per heavy atom. The van der Waals surface area contributed by atoms with Crippen molar-refractivity contribution in [1.29, 1.82) is 0 Å². The van der Waals surface area contributed by atoms with E-state index in [9.17, 15) is 28.8 Å². The highest BCUT2D eigenvalue weighted by molar-refractivity contribution is 5.68. The number of aliphatic carboxylic acids is 6. The normalized spacial score (nSPS) is 10.7. The van der Waals surface area contributed by atoms with Gasteiger partial charge in [0, 0.05) is 38.5 Å². The molecule has 0 heterocycles. The van der Waals surface area contributed by atoms with Gasteiger partial charge in [-0.15, -0.1) is 0 Å². The zero-order valence-corrected chi connectivity index (χ0v) is 49.8. The Morgan fingerprint density at radius 1 is 0.299 bits per heavy atom. The first-order chi connectivity index (χ1) is 36.3. The van der Waals surface area contributed by atoms with Crippen LogP contribution in [0.1, 0.15) is 255 Å². The van der Waals surface area contributed by atoms with Gasteiger partial charge >= 0.3 is 35.8 Å². The molecule has 0 rings (SSSR count). The van der Waals surface area contributed by atoms with Gasteiger partial charge in [-0.25, -0.2) is 0 Å². The second-order valence-corrected chi connectivity index (χ2v) is 21.2. The predicted molar refractivity (Wildman–Crippen MR) is 304 cm³/mol. The van der Waals surface area contributed by atoms with E-state index < -0.39 is 86.3 Å². The summed E-state index contributed by atoms with van der Waals surface area (Å²) < 4.78 is 5.15. The smallest absolute Gasteiger partial charge is 0.303 e. The molecule has 0 aliphatic heterocycles. The van der Waals surface area contributed by atoms with Crippen LogP contribution < -0.4 is 0 Å². The molecule has 0 fully saturated rings. The van der Waals surface area contributed by atoms with Crippen molar-refractivity contribution in [3.8, 4) is 0 Å². The number of unbranched alkanes of at least 4 members (excludes halogenated alkanes) is 15. The minimum Gasteiger partial charge on any atom is -0.481 e. The Hall–Kier alpha value is -3.46. The van der Waals surface area contributed by atoms with E-state index in [-0.39, 0.29) is 13.2 Å². The molecular formula is C58H118O19. The fourth-order valence-corrected chi connectivity index (χ4v) is 6.18. The summed E-state index contributed by atoms with van der Waals surface area (Å²) in [5.74, 6) is -1.79. The van der Waals surface area contributed by atoms with Crippen LogP contribution >= 0.6 is 0 Å². The molecule has 0 aromatic rings. The molecule has 0 aliphatic rings. The highest BCUT2D eigenvalue weighted by Crippen LogP contribution is 2.20. The molecule has 0 saturated heterocycles. The van der Waals surface area contributed by atoms with Crippen LogP contribution in [0.3, 0.4) is 0 Å². The van der Waals surface area contributed by atoms with Crippen LogP contribution in [-0.2, 0) is 33.5 Å². The zero-order valence-electron chi connectivity index (χ0n) is 49.8. The quantitative estimate of drug-likeness (QED) is 0.0252. The Labute approximate surface area is 465 Å². The van der Waals surface area contributed by atoms with Gasteiger partial charge in [-0.1, -0.05) is 178 Å². The molecule has 0 amide bonds. The minimum atomic E-state index is -1.16. The topological polar surface area (TPSA) is 354 Å². The second kappa shape index (κ2) is 66.8. The van der Waals surface area contributed by atoms with E-state index in [1.54, 1.807) is 0 Å². The fraction of sp³-hybridized carbons (Fsp3) is 0.897. The number of rotatable bonds is 43. The van der Waals surface area contributed by atoms with Crippen LogP contribution in [0.25, 0.3) is 0 Å². The fourth-order valence-electron chi connectivity index (χ4n) is 6.18. The van der Waals surface area contributed by atoms with Crippen molar-refractivity contribution in [3.63, 3.8) is 0 Å². The molecule has 464 valence electrons. The molecule has 12 N–H and O–H groups in total. The second-order valence-electron chi connectivity index (χ2n) is 21.2. The molecule has 77 heavy (non-hydrogen) atoms. The third-order valence-corrected chi connectivity index (χ3v) is 11.6. The summed E-state index contributed by atoms with van der Waals surface area (Å²) in [4.78, 5) is 60.2. The summed E-state index contributed by atoms with van der Waals surface area (Å²) >= 11 is 0. The van der Waals surface area contributed by atoms with Gasteiger partial charge in [-0.2, -0.15) is 0 Å². The molecule has 0 unspecified atom stereocenters. The van der Waals surface area contributed by atoms with Gasteiger partial charge in [0.1, 0.15) is 0 Å². The maximum Gasteiger partial charge on any atom is 0.303 e. The molecule has 0 aromatic carbocycles. The van der Waals surface area contributed by atoms with Crippen LogP contribution in [0, 0.1) is 28.6 Å². The van der Waals surface area contributed by atoms with Gasteiger partial charge in [0.15, 0.2) is 0 Å². The SMILES string of the molecule is CC(C)CCCCCC(=O)O.CC(C)CCCCCC(=O)O.CC(C)CCCCCC(=O)O.CCCCCCC(=O)O.CCCCCCC(=O)O.CCCCCCC(=O)O.OCC(CO)(CO)COCC(CO)(CO)CO. The zero-order chi connectivity index (χ0) is 60.8. The first kappa shape index (κ1) is 87.4. The molecule has 0 bridgehead atoms. The number of ether oxygens (including phenoxy) is 1. The molecule has 0 atom stereocenters. The first-order valence-corrected chi connectivity index (χ1v) is 28.8. The lowest BCUT2D eigenvalue weighted by Gasteiger charge is -2.31. The largest absolute Gasteiger partial charge is 0.481 e. The maximum atomic E-state index is 10.1. The van der Waals surface area contributed by atoms with E-state index in [1.165, 1.54) is 57.8 Å². The highest BCUT2D eigenvalue weighted by atomic mass is 16.5. The van der Waals surface area contributed by atoms with E-state index in [1.807, 2.05) is 0 Å². The number of hydrogen-bond acceptors (Lipinski definition) is 13. The summed E-state index contributed by atoms with van der Waals surface area (Å²) in [6.07, 6.45) is 27.5. The van der Waals surface area contributed by atoms with Crippen LogP contribution in [0.4, 0.5) is 0 Å². The monoisotopic (exact) mass is 1120 g/mol. The minimum absolute atomic E-state index is 0.141. The third kappa shape index (κ3) is 86.7. The number of carboxylic acids is 6. The number of hydrogen-bond donors (Lipinski definition) is 12. The van der Waals surface area contributed by atoms with E-state index >= 15 is 0 Å². The third-order valence-electron chi connectivity index (χ3n) is 11.6. The summed E-state index contributed by atoms with van der Waals surface area (Å²) in [6.45, 7) is 16.5. The average Bonchev–Trinajstić information content (AvgIpc) is 3.36. The average molecular weight is 1120 g/mol. The summed E-state index contributed by atoms with van der Waals surface area (Å²) in [6, 6.07) is 0. The van der Waals surface area contributed by atoms with Crippen LogP contribution in [0.5, 0.6) is 0 Å². The van der Waals surface area contributed by atoms with Crippen LogP contribution in [0.15, 0.2) is 0 Å². The van der Waals surface area contributed by atoms with Gasteiger partial charge in [-0.3, -0.25) is 28.8 Å². The lowest BCUT2D eigenvalue weighted by molar-refractivity contribution is -0.138. The molecule has 0 radical (unpaired) electrons. The number of carboxylic acid groups (broad SMARTS) is 6. The van der Waals surface area contributed by atoms with Crippen molar-refractivity contribution in [2.45, 2.75) is 255 Å². The molecular weight excluding hydrogens is 1000 g/mol. The van der Waals surface area contributed by atoms with Crippen molar-refractivity contribution in [3.05, 3.63) is 0 Å². The van der Waals surface area contributed by atoms with Crippen molar-refractivity contribution >= 4 is 35.8 Å². The number of aliphatic hydroxyl groups excluding tert-OH is 6. The van der Waals surface area contributed by atoms with E-state index in [0.29, 0.717) is 38.5 Å². The van der Waals surface area contributed by atoms with Crippen molar-refractivity contribution in [1.82, 2.24) is 0 Å². The molecule has 19 heteroatoms. The van der Waals surface area contributed by atoms with Gasteiger partial charge in [0.2, 0.25) is 0 Å². The van der Waals surface area contributed by atoms with Crippen LogP contribution in [0.2, 0.25) is 0 Å². The lowest BCUT2D eigenvalue weighted by Crippen LogP contribution is -2.43. The van der Waals surface area contributed by atoms with E-state index in [0.717, 1.165) is 114 Å². The van der Waals surface area contributed by atoms with Gasteiger partial charge in [-0.05, 0) is 56.3 Å². The van der Waals surface area contributed by atoms with E-state index in [4.69, 9.17) is 66.0 Å². The maximum absolute atomic E-state index is 10.1. The van der Waals surface area contributed by atoms with Crippen molar-refractivity contribution in [2.24, 2.45) is 28.6 Å².